The summed E-state index contributed by atoms with van der Waals surface area (Å²) in [4.78, 5) is 32.8. The number of halogens is 1. The van der Waals surface area contributed by atoms with Gasteiger partial charge in [-0.3, -0.25) is 14.6 Å². The van der Waals surface area contributed by atoms with Crippen LogP contribution in [0.15, 0.2) is 29.3 Å². The minimum absolute atomic E-state index is 0. The first kappa shape index (κ1) is 24.2. The molecule has 2 atom stereocenters. The monoisotopic (exact) mass is 530 g/mol. The molecule has 2 aliphatic rings. The lowest BCUT2D eigenvalue weighted by atomic mass is 9.99. The van der Waals surface area contributed by atoms with Crippen molar-refractivity contribution < 1.29 is 19.1 Å². The molecule has 1 N–H and O–H groups in total. The fraction of sp³-hybridized carbons (Fsp3) is 0.571. The molecular weight excluding hydrogens is 499 g/mol. The van der Waals surface area contributed by atoms with Crippen LogP contribution in [0.3, 0.4) is 0 Å². The number of ether oxygens (including phenoxy) is 2. The molecule has 0 spiro atoms. The summed E-state index contributed by atoms with van der Waals surface area (Å²) in [5.41, 5.74) is 0.814. The minimum Gasteiger partial charge on any atom is -0.482 e. The largest absolute Gasteiger partial charge is 0.482 e. The van der Waals surface area contributed by atoms with Crippen molar-refractivity contribution in [1.29, 1.82) is 0 Å². The Morgan fingerprint density at radius 2 is 2.10 bits per heavy atom. The zero-order chi connectivity index (χ0) is 20.8. The van der Waals surface area contributed by atoms with Crippen molar-refractivity contribution in [3.05, 3.63) is 24.3 Å². The number of methoxy groups -OCH3 is 1. The van der Waals surface area contributed by atoms with Gasteiger partial charge in [0.25, 0.3) is 5.91 Å². The number of guanidine groups is 1. The van der Waals surface area contributed by atoms with E-state index in [4.69, 9.17) is 14.5 Å². The van der Waals surface area contributed by atoms with E-state index in [1.54, 1.807) is 4.90 Å². The Morgan fingerprint density at radius 1 is 1.33 bits per heavy atom. The first-order valence-corrected chi connectivity index (χ1v) is 10.2. The van der Waals surface area contributed by atoms with Crippen LogP contribution in [0.5, 0.6) is 5.75 Å². The molecule has 30 heavy (non-hydrogen) atoms. The van der Waals surface area contributed by atoms with Gasteiger partial charge in [-0.1, -0.05) is 19.1 Å². The van der Waals surface area contributed by atoms with Gasteiger partial charge in [0, 0.05) is 32.7 Å². The van der Waals surface area contributed by atoms with E-state index in [0.29, 0.717) is 19.6 Å². The Hall–Kier alpha value is -2.04. The number of hydrogen-bond donors (Lipinski definition) is 1. The summed E-state index contributed by atoms with van der Waals surface area (Å²) in [5.74, 6) is 1.43. The van der Waals surface area contributed by atoms with Crippen LogP contribution in [0.25, 0.3) is 0 Å². The number of hydrogen-bond acceptors (Lipinski definition) is 5. The zero-order valence-corrected chi connectivity index (χ0v) is 20.1. The number of benzene rings is 1. The maximum Gasteiger partial charge on any atom is 0.310 e. The van der Waals surface area contributed by atoms with Crippen LogP contribution in [0, 0.1) is 11.8 Å². The number of nitrogens with zero attached hydrogens (tertiary/aromatic N) is 3. The van der Waals surface area contributed by atoms with Crippen LogP contribution < -0.4 is 15.0 Å². The number of para-hydroxylation sites is 2. The van der Waals surface area contributed by atoms with Crippen LogP contribution in [-0.4, -0.2) is 69.2 Å². The molecule has 8 nitrogen and oxygen atoms in total. The third kappa shape index (κ3) is 5.55. The fourth-order valence-corrected chi connectivity index (χ4v) is 3.84. The van der Waals surface area contributed by atoms with Gasteiger partial charge >= 0.3 is 5.97 Å². The maximum absolute atomic E-state index is 12.3. The predicted octanol–water partition coefficient (Wildman–Crippen LogP) is 2.13. The van der Waals surface area contributed by atoms with Crippen LogP contribution in [0.2, 0.25) is 0 Å². The number of rotatable bonds is 6. The second kappa shape index (κ2) is 11.4. The molecule has 0 bridgehead atoms. The van der Waals surface area contributed by atoms with Gasteiger partial charge in [-0.15, -0.1) is 24.0 Å². The van der Waals surface area contributed by atoms with Gasteiger partial charge in [0.1, 0.15) is 5.75 Å². The molecule has 0 aliphatic carbocycles. The molecule has 2 unspecified atom stereocenters. The lowest BCUT2D eigenvalue weighted by Gasteiger charge is -2.29. The molecule has 1 aromatic rings. The topological polar surface area (TPSA) is 83.5 Å². The second-order valence-corrected chi connectivity index (χ2v) is 7.40. The van der Waals surface area contributed by atoms with Gasteiger partial charge < -0.3 is 24.6 Å². The van der Waals surface area contributed by atoms with E-state index in [0.717, 1.165) is 36.9 Å². The summed E-state index contributed by atoms with van der Waals surface area (Å²) < 4.78 is 10.4. The Balaban J connectivity index is 0.00000320. The number of carbonyl (C=O) groups is 2. The Morgan fingerprint density at radius 3 is 2.83 bits per heavy atom. The molecule has 1 saturated heterocycles. The van der Waals surface area contributed by atoms with Crippen molar-refractivity contribution in [1.82, 2.24) is 10.2 Å². The number of nitrogens with one attached hydrogen (secondary N) is 1. The highest BCUT2D eigenvalue weighted by molar-refractivity contribution is 14.0. The predicted molar refractivity (Wildman–Crippen MR) is 127 cm³/mol. The summed E-state index contributed by atoms with van der Waals surface area (Å²) in [5, 5.41) is 3.31. The molecule has 1 fully saturated rings. The standard InChI is InChI=1S/C21H30N4O4.HI/c1-4-22-21(24-12-15(2)16(13-24)20(27)28-3)23-10-7-11-25-17-8-5-6-9-18(17)29-14-19(25)26;/h5-6,8-9,15-16H,4,7,10-14H2,1-3H3,(H,22,23);1H. The minimum atomic E-state index is -0.166. The Labute approximate surface area is 195 Å². The first-order chi connectivity index (χ1) is 14.0. The summed E-state index contributed by atoms with van der Waals surface area (Å²) in [6.07, 6.45) is 0.735. The number of likely N-dealkylation sites (tertiary alicyclic amines) is 1. The van der Waals surface area contributed by atoms with Crippen molar-refractivity contribution >= 4 is 47.5 Å². The number of aliphatic imine (C=N–C) groups is 1. The highest BCUT2D eigenvalue weighted by Gasteiger charge is 2.36. The molecule has 2 heterocycles. The molecule has 9 heteroatoms. The van der Waals surface area contributed by atoms with Crippen LogP contribution in [0.1, 0.15) is 20.3 Å². The number of fused-ring (bicyclic) bond motifs is 1. The zero-order valence-electron chi connectivity index (χ0n) is 17.8. The summed E-state index contributed by atoms with van der Waals surface area (Å²) in [6, 6.07) is 7.58. The Kier molecular flexibility index (Phi) is 9.19. The van der Waals surface area contributed by atoms with Gasteiger partial charge in [-0.25, -0.2) is 0 Å². The third-order valence-corrected chi connectivity index (χ3v) is 5.36. The molecule has 2 aliphatic heterocycles. The van der Waals surface area contributed by atoms with E-state index >= 15 is 0 Å². The molecule has 0 aromatic heterocycles. The second-order valence-electron chi connectivity index (χ2n) is 7.40. The quantitative estimate of drug-likeness (QED) is 0.200. The van der Waals surface area contributed by atoms with Crippen molar-refractivity contribution in [3.8, 4) is 5.75 Å². The lowest BCUT2D eigenvalue weighted by Crippen LogP contribution is -2.41. The van der Waals surface area contributed by atoms with Gasteiger partial charge in [0.15, 0.2) is 12.6 Å². The average molecular weight is 530 g/mol. The summed E-state index contributed by atoms with van der Waals surface area (Å²) in [6.45, 7) is 7.45. The Bertz CT molecular complexity index is 773. The smallest absolute Gasteiger partial charge is 0.310 e. The van der Waals surface area contributed by atoms with Crippen molar-refractivity contribution in [2.45, 2.75) is 20.3 Å². The van der Waals surface area contributed by atoms with Gasteiger partial charge in [0.05, 0.1) is 18.7 Å². The van der Waals surface area contributed by atoms with Crippen molar-refractivity contribution in [3.63, 3.8) is 0 Å². The number of amides is 1. The molecule has 166 valence electrons. The molecule has 0 saturated carbocycles. The average Bonchev–Trinajstić information content (AvgIpc) is 3.12. The highest BCUT2D eigenvalue weighted by atomic mass is 127. The van der Waals surface area contributed by atoms with E-state index < -0.39 is 0 Å². The van der Waals surface area contributed by atoms with Crippen LogP contribution in [0.4, 0.5) is 5.69 Å². The summed E-state index contributed by atoms with van der Waals surface area (Å²) in [7, 11) is 1.43. The molecule has 3 rings (SSSR count). The maximum atomic E-state index is 12.3. The first-order valence-electron chi connectivity index (χ1n) is 10.2. The van der Waals surface area contributed by atoms with Crippen molar-refractivity contribution in [2.75, 3.05) is 51.3 Å². The third-order valence-electron chi connectivity index (χ3n) is 5.36. The molecule has 0 radical (unpaired) electrons. The molecule has 1 amide bonds. The van der Waals surface area contributed by atoms with Gasteiger partial charge in [-0.05, 0) is 31.4 Å². The van der Waals surface area contributed by atoms with Gasteiger partial charge in [-0.2, -0.15) is 0 Å². The van der Waals surface area contributed by atoms with Crippen molar-refractivity contribution in [2.24, 2.45) is 16.8 Å². The number of esters is 1. The van der Waals surface area contributed by atoms with E-state index in [-0.39, 0.29) is 54.3 Å². The van der Waals surface area contributed by atoms with Gasteiger partial charge in [0.2, 0.25) is 0 Å². The summed E-state index contributed by atoms with van der Waals surface area (Å²) >= 11 is 0. The molecular formula is C21H31IN4O4. The van der Waals surface area contributed by atoms with E-state index in [2.05, 4.69) is 17.1 Å². The lowest BCUT2D eigenvalue weighted by molar-refractivity contribution is -0.146. The van der Waals surface area contributed by atoms with E-state index in [9.17, 15) is 9.59 Å². The number of carbonyl (C=O) groups excluding carboxylic acids is 2. The highest BCUT2D eigenvalue weighted by Crippen LogP contribution is 2.31. The van der Waals surface area contributed by atoms with Crippen LogP contribution in [-0.2, 0) is 14.3 Å². The van der Waals surface area contributed by atoms with E-state index in [1.807, 2.05) is 31.2 Å². The van der Waals surface area contributed by atoms with Crippen LogP contribution >= 0.6 is 24.0 Å². The van der Waals surface area contributed by atoms with E-state index in [1.165, 1.54) is 7.11 Å². The SMILES string of the molecule is CCNC(=NCCCN1C(=O)COc2ccccc21)N1CC(C)C(C(=O)OC)C1.I. The number of anilines is 1. The molecule has 1 aromatic carbocycles. The fourth-order valence-electron chi connectivity index (χ4n) is 3.84. The normalized spacial score (nSPS) is 20.9.